The summed E-state index contributed by atoms with van der Waals surface area (Å²) in [6.45, 7) is 8.22. The number of allylic oxidation sites excluding steroid dienone is 4. The summed E-state index contributed by atoms with van der Waals surface area (Å²) in [5.41, 5.74) is 0.637. The Labute approximate surface area is 149 Å². The molecule has 3 fully saturated rings. The van der Waals surface area contributed by atoms with Gasteiger partial charge in [-0.3, -0.25) is 14.4 Å². The van der Waals surface area contributed by atoms with Gasteiger partial charge in [-0.25, -0.2) is 0 Å². The van der Waals surface area contributed by atoms with Crippen LogP contribution in [0.25, 0.3) is 0 Å². The van der Waals surface area contributed by atoms with E-state index in [0.717, 1.165) is 24.8 Å². The summed E-state index contributed by atoms with van der Waals surface area (Å²) in [5.74, 6) is 1.66. The molecule has 3 heteroatoms. The number of Topliss-reactive ketones (excluding diaryl/α,β-unsaturated/α-hetero) is 2. The van der Waals surface area contributed by atoms with Crippen molar-refractivity contribution in [2.45, 2.75) is 53.4 Å². The highest BCUT2D eigenvalue weighted by molar-refractivity contribution is 6.02. The molecule has 3 saturated carbocycles. The maximum Gasteiger partial charge on any atom is 0.178 e. The van der Waals surface area contributed by atoms with Gasteiger partial charge in [0.15, 0.2) is 5.78 Å². The maximum absolute atomic E-state index is 13.3. The molecule has 4 rings (SSSR count). The van der Waals surface area contributed by atoms with Gasteiger partial charge in [-0.1, -0.05) is 32.4 Å². The van der Waals surface area contributed by atoms with E-state index in [2.05, 4.69) is 20.8 Å². The second kappa shape index (κ2) is 5.25. The minimum Gasteiger partial charge on any atom is -0.300 e. The third kappa shape index (κ3) is 2.14. The number of fused-ring (bicyclic) bond motifs is 5. The van der Waals surface area contributed by atoms with Crippen molar-refractivity contribution in [1.82, 2.24) is 0 Å². The van der Waals surface area contributed by atoms with E-state index in [1.54, 1.807) is 19.1 Å². The molecule has 0 aliphatic heterocycles. The normalized spacial score (nSPS) is 48.5. The topological polar surface area (TPSA) is 51.2 Å². The number of carbonyl (C=O) groups is 3. The van der Waals surface area contributed by atoms with Crippen molar-refractivity contribution in [3.63, 3.8) is 0 Å². The van der Waals surface area contributed by atoms with Crippen molar-refractivity contribution in [2.75, 3.05) is 0 Å². The van der Waals surface area contributed by atoms with Gasteiger partial charge in [0.2, 0.25) is 0 Å². The van der Waals surface area contributed by atoms with Gasteiger partial charge in [-0.15, -0.1) is 0 Å². The largest absolute Gasteiger partial charge is 0.300 e. The molecule has 0 aromatic carbocycles. The van der Waals surface area contributed by atoms with Gasteiger partial charge in [-0.05, 0) is 61.5 Å². The molecule has 3 nitrogen and oxygen atoms in total. The molecule has 0 radical (unpaired) electrons. The lowest BCUT2D eigenvalue weighted by molar-refractivity contribution is -0.146. The van der Waals surface area contributed by atoms with E-state index < -0.39 is 0 Å². The summed E-state index contributed by atoms with van der Waals surface area (Å²) < 4.78 is 0. The zero-order valence-electron chi connectivity index (χ0n) is 15.7. The highest BCUT2D eigenvalue weighted by atomic mass is 16.1. The van der Waals surface area contributed by atoms with Crippen molar-refractivity contribution < 1.29 is 14.4 Å². The van der Waals surface area contributed by atoms with Crippen LogP contribution in [0.15, 0.2) is 23.8 Å². The van der Waals surface area contributed by atoms with Gasteiger partial charge >= 0.3 is 0 Å². The summed E-state index contributed by atoms with van der Waals surface area (Å²) in [5, 5.41) is 0. The lowest BCUT2D eigenvalue weighted by Gasteiger charge is -2.57. The molecule has 25 heavy (non-hydrogen) atoms. The first-order valence-corrected chi connectivity index (χ1v) is 9.67. The van der Waals surface area contributed by atoms with Crippen molar-refractivity contribution in [1.29, 1.82) is 0 Å². The Morgan fingerprint density at radius 2 is 1.92 bits per heavy atom. The molecular weight excluding hydrogens is 312 g/mol. The Morgan fingerprint density at radius 3 is 2.60 bits per heavy atom. The van der Waals surface area contributed by atoms with Gasteiger partial charge in [-0.2, -0.15) is 0 Å². The molecule has 0 aromatic heterocycles. The number of carbonyl (C=O) groups excluding carboxylic acids is 3. The van der Waals surface area contributed by atoms with E-state index in [0.29, 0.717) is 30.0 Å². The lowest BCUT2D eigenvalue weighted by Crippen LogP contribution is -2.56. The van der Waals surface area contributed by atoms with E-state index in [1.165, 1.54) is 0 Å². The molecule has 134 valence electrons. The monoisotopic (exact) mass is 340 g/mol. The SMILES string of the molecule is CC(=O)[C@H]1CC[C@H]2[C@@H]3C[C@H](C)C4=CC(=O)C=C[C@]4(C)[C@H]3C(=O)C[C@]12C. The molecule has 0 N–H and O–H groups in total. The quantitative estimate of drug-likeness (QED) is 0.727. The number of hydrogen-bond donors (Lipinski definition) is 0. The minimum atomic E-state index is -0.330. The zero-order chi connectivity index (χ0) is 18.1. The Morgan fingerprint density at radius 1 is 1.20 bits per heavy atom. The third-order valence-corrected chi connectivity index (χ3v) is 8.06. The van der Waals surface area contributed by atoms with Crippen LogP contribution in [0.3, 0.4) is 0 Å². The molecule has 0 bridgehead atoms. The van der Waals surface area contributed by atoms with Crippen molar-refractivity contribution >= 4 is 17.3 Å². The molecule has 0 aromatic rings. The van der Waals surface area contributed by atoms with Crippen LogP contribution in [0, 0.1) is 40.4 Å². The summed E-state index contributed by atoms with van der Waals surface area (Å²) in [4.78, 5) is 37.4. The molecule has 0 unspecified atom stereocenters. The average Bonchev–Trinajstić information content (AvgIpc) is 2.85. The van der Waals surface area contributed by atoms with Crippen LogP contribution in [0.4, 0.5) is 0 Å². The van der Waals surface area contributed by atoms with Crippen molar-refractivity contribution in [3.8, 4) is 0 Å². The van der Waals surface area contributed by atoms with Crippen LogP contribution in [0.5, 0.6) is 0 Å². The number of rotatable bonds is 1. The summed E-state index contributed by atoms with van der Waals surface area (Å²) in [6.07, 6.45) is 8.87. The van der Waals surface area contributed by atoms with Crippen LogP contribution >= 0.6 is 0 Å². The predicted octanol–water partition coefficient (Wildman–Crippen LogP) is 3.92. The van der Waals surface area contributed by atoms with E-state index in [9.17, 15) is 14.4 Å². The highest BCUT2D eigenvalue weighted by Gasteiger charge is 2.63. The predicted molar refractivity (Wildman–Crippen MR) is 95.7 cm³/mol. The van der Waals surface area contributed by atoms with Gasteiger partial charge in [0.25, 0.3) is 0 Å². The molecule has 4 aliphatic rings. The fourth-order valence-electron chi connectivity index (χ4n) is 7.13. The number of ketones is 3. The van der Waals surface area contributed by atoms with Gasteiger partial charge in [0.1, 0.15) is 11.6 Å². The van der Waals surface area contributed by atoms with Gasteiger partial charge < -0.3 is 0 Å². The first-order chi connectivity index (χ1) is 11.7. The first kappa shape index (κ1) is 16.9. The fourth-order valence-corrected chi connectivity index (χ4v) is 7.13. The smallest absolute Gasteiger partial charge is 0.178 e. The number of hydrogen-bond acceptors (Lipinski definition) is 3. The maximum atomic E-state index is 13.3. The van der Waals surface area contributed by atoms with Crippen LogP contribution < -0.4 is 0 Å². The zero-order valence-corrected chi connectivity index (χ0v) is 15.7. The summed E-state index contributed by atoms with van der Waals surface area (Å²) in [6, 6.07) is 0. The summed E-state index contributed by atoms with van der Waals surface area (Å²) >= 11 is 0. The molecular formula is C22H28O3. The Kier molecular flexibility index (Phi) is 3.55. The molecule has 0 heterocycles. The van der Waals surface area contributed by atoms with Crippen molar-refractivity contribution in [3.05, 3.63) is 23.8 Å². The molecule has 0 amide bonds. The van der Waals surface area contributed by atoms with Crippen molar-refractivity contribution in [2.24, 2.45) is 40.4 Å². The van der Waals surface area contributed by atoms with Crippen LogP contribution in [-0.4, -0.2) is 17.3 Å². The van der Waals surface area contributed by atoms with E-state index in [1.807, 2.05) is 6.08 Å². The molecule has 4 aliphatic carbocycles. The molecule has 7 atom stereocenters. The van der Waals surface area contributed by atoms with Crippen LogP contribution in [0.1, 0.15) is 53.4 Å². The Hall–Kier alpha value is -1.51. The second-order valence-corrected chi connectivity index (χ2v) is 9.39. The fraction of sp³-hybridized carbons (Fsp3) is 0.682. The minimum absolute atomic E-state index is 0.0333. The van der Waals surface area contributed by atoms with Gasteiger partial charge in [0, 0.05) is 23.7 Å². The Bertz CT molecular complexity index is 730. The Balaban J connectivity index is 1.79. The van der Waals surface area contributed by atoms with Gasteiger partial charge in [0.05, 0.1) is 0 Å². The van der Waals surface area contributed by atoms with E-state index in [-0.39, 0.29) is 34.2 Å². The molecule has 0 saturated heterocycles. The first-order valence-electron chi connectivity index (χ1n) is 9.67. The average molecular weight is 340 g/mol. The highest BCUT2D eigenvalue weighted by Crippen LogP contribution is 2.65. The van der Waals surface area contributed by atoms with Crippen LogP contribution in [0.2, 0.25) is 0 Å². The third-order valence-electron chi connectivity index (χ3n) is 8.06. The van der Waals surface area contributed by atoms with E-state index in [4.69, 9.17) is 0 Å². The van der Waals surface area contributed by atoms with Crippen LogP contribution in [-0.2, 0) is 14.4 Å². The summed E-state index contributed by atoms with van der Waals surface area (Å²) in [7, 11) is 0. The van der Waals surface area contributed by atoms with E-state index >= 15 is 0 Å². The second-order valence-electron chi connectivity index (χ2n) is 9.39. The standard InChI is InChI=1S/C22H28O3/c1-12-9-15-17-6-5-16(13(2)23)22(17,4)11-19(25)20(15)21(3)8-7-14(24)10-18(12)21/h7-8,10,12,15-17,20H,5-6,9,11H2,1-4H3/t12-,15-,16+,17-,20+,21-,22+/m0/s1. The molecule has 0 spiro atoms. The lowest BCUT2D eigenvalue weighted by atomic mass is 9.45.